The van der Waals surface area contributed by atoms with Gasteiger partial charge < -0.3 is 11.1 Å². The van der Waals surface area contributed by atoms with Crippen LogP contribution >= 0.6 is 34.7 Å². The third-order valence-electron chi connectivity index (χ3n) is 2.43. The van der Waals surface area contributed by atoms with Gasteiger partial charge in [-0.05, 0) is 32.0 Å². The molecule has 3 N–H and O–H groups in total. The molecule has 0 radical (unpaired) electrons. The first-order chi connectivity index (χ1) is 9.45. The van der Waals surface area contributed by atoms with Crippen LogP contribution < -0.4 is 11.1 Å². The van der Waals surface area contributed by atoms with Crippen LogP contribution in [-0.4, -0.2) is 21.4 Å². The summed E-state index contributed by atoms with van der Waals surface area (Å²) in [6, 6.07) is 4.96. The first-order valence-electron chi connectivity index (χ1n) is 5.78. The summed E-state index contributed by atoms with van der Waals surface area (Å²) < 4.78 is 0.772. The molecule has 1 aromatic carbocycles. The van der Waals surface area contributed by atoms with Gasteiger partial charge >= 0.3 is 0 Å². The van der Waals surface area contributed by atoms with Crippen molar-refractivity contribution >= 4 is 52.0 Å². The number of nitrogens with two attached hydrogens (primary N) is 1. The number of nitrogens with one attached hydrogen (secondary N) is 1. The predicted octanol–water partition coefficient (Wildman–Crippen LogP) is 3.20. The summed E-state index contributed by atoms with van der Waals surface area (Å²) in [4.78, 5) is 12.1. The Morgan fingerprint density at radius 1 is 1.50 bits per heavy atom. The molecule has 0 aliphatic rings. The molecular weight excluding hydrogens is 316 g/mol. The highest BCUT2D eigenvalue weighted by molar-refractivity contribution is 8.02. The highest BCUT2D eigenvalue weighted by atomic mass is 35.5. The van der Waals surface area contributed by atoms with Crippen LogP contribution in [0.25, 0.3) is 0 Å². The highest BCUT2D eigenvalue weighted by Crippen LogP contribution is 2.28. The van der Waals surface area contributed by atoms with E-state index in [1.165, 1.54) is 23.1 Å². The van der Waals surface area contributed by atoms with E-state index in [4.69, 9.17) is 17.3 Å². The zero-order chi connectivity index (χ0) is 14.7. The summed E-state index contributed by atoms with van der Waals surface area (Å²) >= 11 is 8.65. The maximum absolute atomic E-state index is 12.1. The van der Waals surface area contributed by atoms with Crippen LogP contribution in [0.5, 0.6) is 0 Å². The lowest BCUT2D eigenvalue weighted by Crippen LogP contribution is -2.22. The minimum atomic E-state index is -0.294. The van der Waals surface area contributed by atoms with Crippen LogP contribution in [0.3, 0.4) is 0 Å². The predicted molar refractivity (Wildman–Crippen MR) is 84.5 cm³/mol. The van der Waals surface area contributed by atoms with Crippen LogP contribution in [0.15, 0.2) is 22.5 Å². The van der Waals surface area contributed by atoms with Gasteiger partial charge in [-0.1, -0.05) is 34.7 Å². The summed E-state index contributed by atoms with van der Waals surface area (Å²) in [6.45, 7) is 3.68. The van der Waals surface area contributed by atoms with Crippen molar-refractivity contribution in [2.45, 2.75) is 23.4 Å². The fraction of sp³-hybridized carbons (Fsp3) is 0.250. The van der Waals surface area contributed by atoms with Gasteiger partial charge in [0.15, 0.2) is 4.34 Å². The van der Waals surface area contributed by atoms with Gasteiger partial charge in [0.1, 0.15) is 5.01 Å². The normalized spacial score (nSPS) is 12.2. The van der Waals surface area contributed by atoms with E-state index in [-0.39, 0.29) is 11.2 Å². The molecule has 2 aromatic rings. The number of hydrogen-bond acceptors (Lipinski definition) is 6. The molecule has 8 heteroatoms. The van der Waals surface area contributed by atoms with Gasteiger partial charge in [0.25, 0.3) is 0 Å². The fourth-order valence-corrected chi connectivity index (χ4v) is 3.55. The Hall–Kier alpha value is -1.31. The van der Waals surface area contributed by atoms with Crippen LogP contribution in [0.4, 0.5) is 11.4 Å². The van der Waals surface area contributed by atoms with Crippen molar-refractivity contribution in [1.82, 2.24) is 10.2 Å². The monoisotopic (exact) mass is 328 g/mol. The molecule has 1 amide bonds. The number of aryl methyl sites for hydroxylation is 1. The van der Waals surface area contributed by atoms with Crippen molar-refractivity contribution in [3.05, 3.63) is 28.2 Å². The van der Waals surface area contributed by atoms with Gasteiger partial charge in [0, 0.05) is 5.02 Å². The minimum Gasteiger partial charge on any atom is -0.397 e. The maximum atomic E-state index is 12.1. The largest absolute Gasteiger partial charge is 0.397 e. The van der Waals surface area contributed by atoms with Gasteiger partial charge in [-0.3, -0.25) is 4.79 Å². The molecule has 0 spiro atoms. The Balaban J connectivity index is 2.00. The standard InChI is InChI=1S/C12H13ClN4OS2/c1-6(19-12-17-16-7(2)20-12)11(18)15-10-4-3-8(13)5-9(10)14/h3-6H,14H2,1-2H3,(H,15,18). The molecule has 1 heterocycles. The maximum Gasteiger partial charge on any atom is 0.237 e. The van der Waals surface area contributed by atoms with Crippen molar-refractivity contribution in [2.24, 2.45) is 0 Å². The zero-order valence-corrected chi connectivity index (χ0v) is 13.3. The number of carbonyl (C=O) groups excluding carboxylic acids is 1. The number of nitrogen functional groups attached to an aromatic ring is 1. The van der Waals surface area contributed by atoms with Crippen molar-refractivity contribution in [1.29, 1.82) is 0 Å². The number of aromatic nitrogens is 2. The van der Waals surface area contributed by atoms with E-state index in [0.717, 1.165) is 9.35 Å². The molecule has 2 rings (SSSR count). The Labute approximate surface area is 129 Å². The summed E-state index contributed by atoms with van der Waals surface area (Å²) in [6.07, 6.45) is 0. The SMILES string of the molecule is Cc1nnc(SC(C)C(=O)Nc2ccc(Cl)cc2N)s1. The molecule has 1 aromatic heterocycles. The lowest BCUT2D eigenvalue weighted by Gasteiger charge is -2.12. The van der Waals surface area contributed by atoms with E-state index in [1.807, 2.05) is 13.8 Å². The lowest BCUT2D eigenvalue weighted by atomic mass is 10.2. The molecule has 1 atom stereocenters. The summed E-state index contributed by atoms with van der Waals surface area (Å²) in [5.41, 5.74) is 6.79. The van der Waals surface area contributed by atoms with E-state index in [0.29, 0.717) is 16.4 Å². The topological polar surface area (TPSA) is 80.9 Å². The summed E-state index contributed by atoms with van der Waals surface area (Å²) in [5, 5.41) is 11.8. The Morgan fingerprint density at radius 2 is 2.25 bits per heavy atom. The molecule has 5 nitrogen and oxygen atoms in total. The van der Waals surface area contributed by atoms with Gasteiger partial charge in [0.2, 0.25) is 5.91 Å². The number of halogens is 1. The molecular formula is C12H13ClN4OS2. The number of thioether (sulfide) groups is 1. The van der Waals surface area contributed by atoms with Crippen LogP contribution in [0.1, 0.15) is 11.9 Å². The molecule has 106 valence electrons. The van der Waals surface area contributed by atoms with Gasteiger partial charge in [-0.25, -0.2) is 0 Å². The van der Waals surface area contributed by atoms with E-state index in [1.54, 1.807) is 18.2 Å². The van der Waals surface area contributed by atoms with E-state index in [2.05, 4.69) is 15.5 Å². The van der Waals surface area contributed by atoms with E-state index < -0.39 is 0 Å². The van der Waals surface area contributed by atoms with Crippen molar-refractivity contribution in [3.8, 4) is 0 Å². The number of amides is 1. The van der Waals surface area contributed by atoms with Crippen molar-refractivity contribution < 1.29 is 4.79 Å². The Kier molecular flexibility index (Phi) is 4.85. The number of carbonyl (C=O) groups is 1. The second-order valence-corrected chi connectivity index (χ2v) is 7.27. The molecule has 0 saturated heterocycles. The third kappa shape index (κ3) is 3.84. The van der Waals surface area contributed by atoms with Gasteiger partial charge in [-0.2, -0.15) is 0 Å². The van der Waals surface area contributed by atoms with Crippen LogP contribution in [0, 0.1) is 6.92 Å². The second-order valence-electron chi connectivity index (χ2n) is 4.07. The van der Waals surface area contributed by atoms with E-state index >= 15 is 0 Å². The van der Waals surface area contributed by atoms with Crippen LogP contribution in [-0.2, 0) is 4.79 Å². The fourth-order valence-electron chi connectivity index (χ4n) is 1.41. The first kappa shape index (κ1) is 15.1. The number of rotatable bonds is 4. The molecule has 20 heavy (non-hydrogen) atoms. The zero-order valence-electron chi connectivity index (χ0n) is 10.9. The molecule has 0 aliphatic carbocycles. The second kappa shape index (κ2) is 6.43. The summed E-state index contributed by atoms with van der Waals surface area (Å²) in [7, 11) is 0. The molecule has 0 bridgehead atoms. The molecule has 0 aliphatic heterocycles. The molecule has 0 saturated carbocycles. The number of hydrogen-bond donors (Lipinski definition) is 2. The van der Waals surface area contributed by atoms with Crippen molar-refractivity contribution in [3.63, 3.8) is 0 Å². The molecule has 0 fully saturated rings. The lowest BCUT2D eigenvalue weighted by molar-refractivity contribution is -0.115. The molecule has 1 unspecified atom stereocenters. The number of nitrogens with zero attached hydrogens (tertiary/aromatic N) is 2. The minimum absolute atomic E-state index is 0.142. The van der Waals surface area contributed by atoms with E-state index in [9.17, 15) is 4.79 Å². The highest BCUT2D eigenvalue weighted by Gasteiger charge is 2.17. The average Bonchev–Trinajstić information content (AvgIpc) is 2.78. The first-order valence-corrected chi connectivity index (χ1v) is 7.86. The van der Waals surface area contributed by atoms with Crippen LogP contribution in [0.2, 0.25) is 5.02 Å². The van der Waals surface area contributed by atoms with Gasteiger partial charge in [-0.15, -0.1) is 10.2 Å². The third-order valence-corrected chi connectivity index (χ3v) is 4.68. The smallest absolute Gasteiger partial charge is 0.237 e. The number of benzene rings is 1. The Morgan fingerprint density at radius 3 is 2.85 bits per heavy atom. The average molecular weight is 329 g/mol. The Bertz CT molecular complexity index is 632. The quantitative estimate of drug-likeness (QED) is 0.665. The number of anilines is 2. The van der Waals surface area contributed by atoms with Crippen molar-refractivity contribution in [2.75, 3.05) is 11.1 Å². The summed E-state index contributed by atoms with van der Waals surface area (Å²) in [5.74, 6) is -0.142. The van der Waals surface area contributed by atoms with Gasteiger partial charge in [0.05, 0.1) is 16.6 Å².